The molecule has 1 aliphatic rings. The maximum Gasteiger partial charge on any atom is 0.133 e. The Balaban J connectivity index is 2.50. The molecule has 0 amide bonds. The molecule has 2 heteroatoms. The zero-order valence-corrected chi connectivity index (χ0v) is 7.21. The minimum Gasteiger partial charge on any atom is -0.393 e. The molecule has 3 atom stereocenters. The van der Waals surface area contributed by atoms with Crippen LogP contribution in [0, 0.1) is 11.8 Å². The second-order valence-electron chi connectivity index (χ2n) is 3.66. The molecular formula is C9H16O2. The molecule has 0 aromatic rings. The third-order valence-electron chi connectivity index (χ3n) is 2.66. The van der Waals surface area contributed by atoms with Crippen LogP contribution in [0.1, 0.15) is 33.1 Å². The van der Waals surface area contributed by atoms with Gasteiger partial charge in [0.05, 0.1) is 6.10 Å². The van der Waals surface area contributed by atoms with Crippen LogP contribution in [0.4, 0.5) is 0 Å². The number of ketones is 1. The molecule has 1 N–H and O–H groups in total. The lowest BCUT2D eigenvalue weighted by atomic mass is 9.77. The number of carbonyl (C=O) groups excluding carboxylic acids is 1. The van der Waals surface area contributed by atoms with E-state index in [9.17, 15) is 9.90 Å². The van der Waals surface area contributed by atoms with E-state index in [4.69, 9.17) is 0 Å². The lowest BCUT2D eigenvalue weighted by Crippen LogP contribution is -2.29. The van der Waals surface area contributed by atoms with Crippen molar-refractivity contribution in [2.75, 3.05) is 0 Å². The molecule has 11 heavy (non-hydrogen) atoms. The molecule has 2 nitrogen and oxygen atoms in total. The van der Waals surface area contributed by atoms with Crippen molar-refractivity contribution in [3.63, 3.8) is 0 Å². The molecule has 0 aliphatic heterocycles. The number of aliphatic hydroxyl groups is 1. The van der Waals surface area contributed by atoms with E-state index in [1.54, 1.807) is 6.92 Å². The number of hydrogen-bond donors (Lipinski definition) is 1. The lowest BCUT2D eigenvalue weighted by Gasteiger charge is -2.29. The van der Waals surface area contributed by atoms with Crippen molar-refractivity contribution in [3.05, 3.63) is 0 Å². The Morgan fingerprint density at radius 3 is 2.55 bits per heavy atom. The van der Waals surface area contributed by atoms with Gasteiger partial charge >= 0.3 is 0 Å². The molecule has 1 saturated carbocycles. The number of aliphatic hydroxyl groups excluding tert-OH is 1. The SMILES string of the molecule is CC(=O)[C@H]1CC[C@@H](O)C[C@@H]1C. The summed E-state index contributed by atoms with van der Waals surface area (Å²) in [6, 6.07) is 0. The highest BCUT2D eigenvalue weighted by atomic mass is 16.3. The van der Waals surface area contributed by atoms with Gasteiger partial charge < -0.3 is 5.11 Å². The van der Waals surface area contributed by atoms with E-state index >= 15 is 0 Å². The highest BCUT2D eigenvalue weighted by molar-refractivity contribution is 5.78. The predicted molar refractivity (Wildman–Crippen MR) is 43.2 cm³/mol. The first-order valence-electron chi connectivity index (χ1n) is 4.29. The minimum absolute atomic E-state index is 0.166. The molecule has 1 fully saturated rings. The van der Waals surface area contributed by atoms with Crippen LogP contribution < -0.4 is 0 Å². The molecule has 0 radical (unpaired) electrons. The molecule has 0 spiro atoms. The van der Waals surface area contributed by atoms with Crippen LogP contribution in [0.15, 0.2) is 0 Å². The Hall–Kier alpha value is -0.370. The Labute approximate surface area is 67.6 Å². The lowest BCUT2D eigenvalue weighted by molar-refractivity contribution is -0.124. The van der Waals surface area contributed by atoms with Gasteiger partial charge in [-0.2, -0.15) is 0 Å². The molecule has 0 heterocycles. The fourth-order valence-corrected chi connectivity index (χ4v) is 1.97. The number of hydrogen-bond acceptors (Lipinski definition) is 2. The van der Waals surface area contributed by atoms with Gasteiger partial charge in [0, 0.05) is 5.92 Å². The topological polar surface area (TPSA) is 37.3 Å². The Morgan fingerprint density at radius 2 is 2.09 bits per heavy atom. The zero-order chi connectivity index (χ0) is 8.43. The van der Waals surface area contributed by atoms with Crippen LogP contribution in [-0.2, 0) is 4.79 Å². The quantitative estimate of drug-likeness (QED) is 0.622. The average Bonchev–Trinajstić information content (AvgIpc) is 1.85. The van der Waals surface area contributed by atoms with Crippen LogP contribution >= 0.6 is 0 Å². The predicted octanol–water partition coefficient (Wildman–Crippen LogP) is 1.37. The zero-order valence-electron chi connectivity index (χ0n) is 7.21. The number of Topliss-reactive ketones (excluding diaryl/α,β-unsaturated/α-hetero) is 1. The maximum atomic E-state index is 11.0. The summed E-state index contributed by atoms with van der Waals surface area (Å²) in [5.74, 6) is 0.860. The van der Waals surface area contributed by atoms with Gasteiger partial charge in [0.15, 0.2) is 0 Å². The van der Waals surface area contributed by atoms with Crippen LogP contribution in [0.3, 0.4) is 0 Å². The third kappa shape index (κ3) is 2.03. The van der Waals surface area contributed by atoms with Gasteiger partial charge in [-0.3, -0.25) is 4.79 Å². The second-order valence-corrected chi connectivity index (χ2v) is 3.66. The van der Waals surface area contributed by atoms with Crippen LogP contribution in [0.2, 0.25) is 0 Å². The molecule has 1 aliphatic carbocycles. The fraction of sp³-hybridized carbons (Fsp3) is 0.889. The normalized spacial score (nSPS) is 38.6. The standard InChI is InChI=1S/C9H16O2/c1-6-5-8(11)3-4-9(6)7(2)10/h6,8-9,11H,3-5H2,1-2H3/t6-,8+,9-/m0/s1. The van der Waals surface area contributed by atoms with Crippen molar-refractivity contribution >= 4 is 5.78 Å². The van der Waals surface area contributed by atoms with E-state index in [1.807, 2.05) is 0 Å². The summed E-state index contributed by atoms with van der Waals surface area (Å²) in [7, 11) is 0. The smallest absolute Gasteiger partial charge is 0.133 e. The van der Waals surface area contributed by atoms with Crippen molar-refractivity contribution in [3.8, 4) is 0 Å². The summed E-state index contributed by atoms with van der Waals surface area (Å²) in [4.78, 5) is 11.0. The monoisotopic (exact) mass is 156 g/mol. The third-order valence-corrected chi connectivity index (χ3v) is 2.66. The first-order valence-corrected chi connectivity index (χ1v) is 4.29. The first kappa shape index (κ1) is 8.72. The Morgan fingerprint density at radius 1 is 1.45 bits per heavy atom. The molecule has 0 unspecified atom stereocenters. The van der Waals surface area contributed by atoms with Crippen molar-refractivity contribution < 1.29 is 9.90 Å². The van der Waals surface area contributed by atoms with Crippen LogP contribution in [0.5, 0.6) is 0 Å². The van der Waals surface area contributed by atoms with Gasteiger partial charge in [-0.1, -0.05) is 6.92 Å². The van der Waals surface area contributed by atoms with E-state index in [0.717, 1.165) is 19.3 Å². The minimum atomic E-state index is -0.166. The van der Waals surface area contributed by atoms with Gasteiger partial charge in [-0.25, -0.2) is 0 Å². The van der Waals surface area contributed by atoms with Gasteiger partial charge in [0.2, 0.25) is 0 Å². The summed E-state index contributed by atoms with van der Waals surface area (Å²) in [6.07, 6.45) is 2.30. The van der Waals surface area contributed by atoms with E-state index in [1.165, 1.54) is 0 Å². The van der Waals surface area contributed by atoms with Crippen LogP contribution in [-0.4, -0.2) is 17.0 Å². The van der Waals surface area contributed by atoms with Gasteiger partial charge in [-0.05, 0) is 32.1 Å². The van der Waals surface area contributed by atoms with E-state index in [2.05, 4.69) is 6.92 Å². The van der Waals surface area contributed by atoms with Crippen molar-refractivity contribution in [2.45, 2.75) is 39.2 Å². The first-order chi connectivity index (χ1) is 5.11. The molecule has 0 saturated heterocycles. The van der Waals surface area contributed by atoms with Crippen molar-refractivity contribution in [1.29, 1.82) is 0 Å². The fourth-order valence-electron chi connectivity index (χ4n) is 1.97. The van der Waals surface area contributed by atoms with Crippen LogP contribution in [0.25, 0.3) is 0 Å². The summed E-state index contributed by atoms with van der Waals surface area (Å²) in [5.41, 5.74) is 0. The molecule has 1 rings (SSSR count). The largest absolute Gasteiger partial charge is 0.393 e. The number of carbonyl (C=O) groups is 1. The van der Waals surface area contributed by atoms with Crippen molar-refractivity contribution in [1.82, 2.24) is 0 Å². The second kappa shape index (κ2) is 3.35. The molecular weight excluding hydrogens is 140 g/mol. The molecule has 0 bridgehead atoms. The summed E-state index contributed by atoms with van der Waals surface area (Å²) in [5, 5.41) is 9.27. The highest BCUT2D eigenvalue weighted by Crippen LogP contribution is 2.30. The summed E-state index contributed by atoms with van der Waals surface area (Å²) < 4.78 is 0. The van der Waals surface area contributed by atoms with Gasteiger partial charge in [0.1, 0.15) is 5.78 Å². The summed E-state index contributed by atoms with van der Waals surface area (Å²) in [6.45, 7) is 3.70. The number of rotatable bonds is 1. The Kier molecular flexibility index (Phi) is 2.66. The maximum absolute atomic E-state index is 11.0. The molecule has 64 valence electrons. The van der Waals surface area contributed by atoms with E-state index < -0.39 is 0 Å². The highest BCUT2D eigenvalue weighted by Gasteiger charge is 2.28. The Bertz CT molecular complexity index is 154. The molecule has 0 aromatic carbocycles. The molecule has 0 aromatic heterocycles. The van der Waals surface area contributed by atoms with Crippen molar-refractivity contribution in [2.24, 2.45) is 11.8 Å². The summed E-state index contributed by atoms with van der Waals surface area (Å²) >= 11 is 0. The van der Waals surface area contributed by atoms with E-state index in [0.29, 0.717) is 5.92 Å². The van der Waals surface area contributed by atoms with E-state index in [-0.39, 0.29) is 17.8 Å². The van der Waals surface area contributed by atoms with Gasteiger partial charge in [0.25, 0.3) is 0 Å². The van der Waals surface area contributed by atoms with Gasteiger partial charge in [-0.15, -0.1) is 0 Å². The average molecular weight is 156 g/mol.